The molecule has 2 heterocycles. The van der Waals surface area contributed by atoms with E-state index < -0.39 is 0 Å². The van der Waals surface area contributed by atoms with Crippen molar-refractivity contribution in [3.05, 3.63) is 17.3 Å². The van der Waals surface area contributed by atoms with Crippen molar-refractivity contribution in [1.82, 2.24) is 10.2 Å². The summed E-state index contributed by atoms with van der Waals surface area (Å²) >= 11 is 5.68. The maximum absolute atomic E-state index is 9.11. The normalized spacial score (nSPS) is 25.8. The number of halogens is 1. The molecule has 0 spiro atoms. The lowest BCUT2D eigenvalue weighted by Gasteiger charge is -2.36. The molecule has 1 aromatic rings. The minimum atomic E-state index is -0.166. The molecule has 2 unspecified atom stereocenters. The van der Waals surface area contributed by atoms with Crippen LogP contribution in [0.2, 0.25) is 5.15 Å². The van der Waals surface area contributed by atoms with Crippen molar-refractivity contribution in [3.63, 3.8) is 0 Å². The molecule has 0 saturated carbocycles. The highest BCUT2D eigenvalue weighted by Gasteiger charge is 2.25. The first-order chi connectivity index (χ1) is 7.69. The minimum absolute atomic E-state index is 0.0157. The molecule has 0 radical (unpaired) electrons. The van der Waals surface area contributed by atoms with Crippen LogP contribution in [0.5, 0.6) is 0 Å². The minimum Gasteiger partial charge on any atom is -0.394 e. The Balaban J connectivity index is 2.11. The van der Waals surface area contributed by atoms with E-state index in [4.69, 9.17) is 21.4 Å². The Hall–Kier alpha value is -0.910. The second-order valence-corrected chi connectivity index (χ2v) is 4.26. The van der Waals surface area contributed by atoms with Crippen LogP contribution in [-0.2, 0) is 4.74 Å². The molecule has 0 amide bonds. The zero-order valence-electron chi connectivity index (χ0n) is 9.01. The number of hydrogen-bond acceptors (Lipinski definition) is 5. The number of morpholine rings is 1. The van der Waals surface area contributed by atoms with Crippen molar-refractivity contribution in [2.75, 3.05) is 24.6 Å². The topological polar surface area (TPSA) is 58.5 Å². The quantitative estimate of drug-likeness (QED) is 0.829. The predicted octanol–water partition coefficient (Wildman–Crippen LogP) is 0.716. The molecule has 88 valence electrons. The van der Waals surface area contributed by atoms with E-state index in [-0.39, 0.29) is 18.8 Å². The van der Waals surface area contributed by atoms with E-state index in [1.54, 1.807) is 6.07 Å². The number of ether oxygens (including phenoxy) is 1. The van der Waals surface area contributed by atoms with Gasteiger partial charge in [-0.2, -0.15) is 0 Å². The third-order valence-corrected chi connectivity index (χ3v) is 2.67. The monoisotopic (exact) mass is 243 g/mol. The van der Waals surface area contributed by atoms with Crippen LogP contribution in [0, 0.1) is 0 Å². The Morgan fingerprint density at radius 1 is 1.50 bits per heavy atom. The van der Waals surface area contributed by atoms with Crippen molar-refractivity contribution >= 4 is 17.4 Å². The molecule has 2 rings (SSSR count). The third kappa shape index (κ3) is 2.61. The van der Waals surface area contributed by atoms with E-state index in [9.17, 15) is 0 Å². The SMILES string of the molecule is CC1CN(c2ccc(Cl)nn2)CC(CO)O1. The summed E-state index contributed by atoms with van der Waals surface area (Å²) in [6.07, 6.45) is -0.0930. The van der Waals surface area contributed by atoms with Gasteiger partial charge in [-0.1, -0.05) is 11.6 Å². The lowest BCUT2D eigenvalue weighted by atomic mass is 10.2. The molecule has 2 atom stereocenters. The van der Waals surface area contributed by atoms with Gasteiger partial charge in [0.25, 0.3) is 0 Å². The first kappa shape index (κ1) is 11.6. The van der Waals surface area contributed by atoms with Crippen LogP contribution >= 0.6 is 11.6 Å². The molecule has 1 N–H and O–H groups in total. The van der Waals surface area contributed by atoms with Gasteiger partial charge in [0.05, 0.1) is 18.8 Å². The summed E-state index contributed by atoms with van der Waals surface area (Å²) in [5.41, 5.74) is 0. The molecular formula is C10H14ClN3O2. The number of aliphatic hydroxyl groups is 1. The molecule has 0 aliphatic carbocycles. The number of hydrogen-bond donors (Lipinski definition) is 1. The fourth-order valence-corrected chi connectivity index (χ4v) is 1.91. The fourth-order valence-electron chi connectivity index (χ4n) is 1.81. The van der Waals surface area contributed by atoms with Crippen LogP contribution in [0.1, 0.15) is 6.92 Å². The maximum atomic E-state index is 9.11. The van der Waals surface area contributed by atoms with E-state index in [1.165, 1.54) is 0 Å². The zero-order chi connectivity index (χ0) is 11.5. The average molecular weight is 244 g/mol. The van der Waals surface area contributed by atoms with E-state index >= 15 is 0 Å². The van der Waals surface area contributed by atoms with E-state index in [0.29, 0.717) is 11.7 Å². The molecule has 1 aliphatic heterocycles. The second kappa shape index (κ2) is 4.95. The van der Waals surface area contributed by atoms with Gasteiger partial charge in [-0.15, -0.1) is 10.2 Å². The molecular weight excluding hydrogens is 230 g/mol. The smallest absolute Gasteiger partial charge is 0.151 e. The number of aromatic nitrogens is 2. The molecule has 1 aromatic heterocycles. The number of rotatable bonds is 2. The Labute approximate surface area is 99.0 Å². The molecule has 1 fully saturated rings. The van der Waals surface area contributed by atoms with Crippen LogP contribution in [0.3, 0.4) is 0 Å². The zero-order valence-corrected chi connectivity index (χ0v) is 9.76. The highest BCUT2D eigenvalue weighted by atomic mass is 35.5. The number of nitrogens with zero attached hydrogens (tertiary/aromatic N) is 3. The Kier molecular flexibility index (Phi) is 3.58. The van der Waals surface area contributed by atoms with Crippen LogP contribution in [0.4, 0.5) is 5.82 Å². The third-order valence-electron chi connectivity index (χ3n) is 2.47. The van der Waals surface area contributed by atoms with Crippen molar-refractivity contribution in [2.45, 2.75) is 19.1 Å². The van der Waals surface area contributed by atoms with Crippen molar-refractivity contribution in [1.29, 1.82) is 0 Å². The first-order valence-electron chi connectivity index (χ1n) is 5.19. The molecule has 6 heteroatoms. The van der Waals surface area contributed by atoms with Crippen LogP contribution < -0.4 is 4.90 Å². The Morgan fingerprint density at radius 2 is 2.31 bits per heavy atom. The van der Waals surface area contributed by atoms with Gasteiger partial charge in [0.1, 0.15) is 0 Å². The highest BCUT2D eigenvalue weighted by molar-refractivity contribution is 6.29. The molecule has 0 aromatic carbocycles. The summed E-state index contributed by atoms with van der Waals surface area (Å²) in [6, 6.07) is 3.53. The number of aliphatic hydroxyl groups excluding tert-OH is 1. The summed E-state index contributed by atoms with van der Waals surface area (Å²) in [5.74, 6) is 0.762. The van der Waals surface area contributed by atoms with Crippen molar-refractivity contribution < 1.29 is 9.84 Å². The highest BCUT2D eigenvalue weighted by Crippen LogP contribution is 2.18. The Bertz CT molecular complexity index is 346. The largest absolute Gasteiger partial charge is 0.394 e. The molecule has 1 aliphatic rings. The van der Waals surface area contributed by atoms with E-state index in [0.717, 1.165) is 12.4 Å². The van der Waals surface area contributed by atoms with Gasteiger partial charge in [-0.25, -0.2) is 0 Å². The van der Waals surface area contributed by atoms with Gasteiger partial charge in [-0.3, -0.25) is 0 Å². The average Bonchev–Trinajstić information content (AvgIpc) is 2.29. The van der Waals surface area contributed by atoms with Crippen molar-refractivity contribution in [3.8, 4) is 0 Å². The van der Waals surface area contributed by atoms with Gasteiger partial charge in [0.15, 0.2) is 11.0 Å². The Morgan fingerprint density at radius 3 is 2.94 bits per heavy atom. The first-order valence-corrected chi connectivity index (χ1v) is 5.57. The van der Waals surface area contributed by atoms with E-state index in [1.807, 2.05) is 17.9 Å². The fraction of sp³-hybridized carbons (Fsp3) is 0.600. The van der Waals surface area contributed by atoms with Gasteiger partial charge in [-0.05, 0) is 19.1 Å². The van der Waals surface area contributed by atoms with E-state index in [2.05, 4.69) is 10.2 Å². The van der Waals surface area contributed by atoms with Crippen LogP contribution in [0.15, 0.2) is 12.1 Å². The maximum Gasteiger partial charge on any atom is 0.151 e. The predicted molar refractivity (Wildman–Crippen MR) is 60.7 cm³/mol. The lowest BCUT2D eigenvalue weighted by Crippen LogP contribution is -2.48. The van der Waals surface area contributed by atoms with Gasteiger partial charge < -0.3 is 14.7 Å². The molecule has 0 bridgehead atoms. The van der Waals surface area contributed by atoms with Gasteiger partial charge >= 0.3 is 0 Å². The van der Waals surface area contributed by atoms with Crippen molar-refractivity contribution in [2.24, 2.45) is 0 Å². The van der Waals surface area contributed by atoms with Crippen LogP contribution in [0.25, 0.3) is 0 Å². The van der Waals surface area contributed by atoms with Gasteiger partial charge in [0.2, 0.25) is 0 Å². The lowest BCUT2D eigenvalue weighted by molar-refractivity contribution is -0.0423. The summed E-state index contributed by atoms with van der Waals surface area (Å²) in [7, 11) is 0. The standard InChI is InChI=1S/C10H14ClN3O2/c1-7-4-14(5-8(6-15)16-7)10-3-2-9(11)12-13-10/h2-3,7-8,15H,4-6H2,1H3. The summed E-state index contributed by atoms with van der Waals surface area (Å²) in [6.45, 7) is 3.35. The second-order valence-electron chi connectivity index (χ2n) is 3.87. The van der Waals surface area contributed by atoms with Crippen LogP contribution in [-0.4, -0.2) is 47.2 Å². The molecule has 5 nitrogen and oxygen atoms in total. The molecule has 1 saturated heterocycles. The molecule has 16 heavy (non-hydrogen) atoms. The number of anilines is 1. The van der Waals surface area contributed by atoms with Gasteiger partial charge in [0, 0.05) is 13.1 Å². The summed E-state index contributed by atoms with van der Waals surface area (Å²) < 4.78 is 5.54. The summed E-state index contributed by atoms with van der Waals surface area (Å²) in [4.78, 5) is 2.04. The summed E-state index contributed by atoms with van der Waals surface area (Å²) in [5, 5.41) is 17.3.